The molecule has 0 aliphatic carbocycles. The van der Waals surface area contributed by atoms with Gasteiger partial charge in [-0.1, -0.05) is 143 Å². The number of aryl methyl sites for hydroxylation is 1. The summed E-state index contributed by atoms with van der Waals surface area (Å²) in [5, 5.41) is 7.48. The molecule has 0 aromatic heterocycles. The van der Waals surface area contributed by atoms with E-state index in [1.807, 2.05) is 12.1 Å². The Labute approximate surface area is 229 Å². The van der Waals surface area contributed by atoms with Crippen LogP contribution in [-0.4, -0.2) is 6.71 Å². The monoisotopic (exact) mass is 498 g/mol. The van der Waals surface area contributed by atoms with Crippen molar-refractivity contribution >= 4 is 55.4 Å². The summed E-state index contributed by atoms with van der Waals surface area (Å²) < 4.78 is 6.13. The molecule has 0 bridgehead atoms. The normalized spacial score (nSPS) is 11.2. The highest BCUT2D eigenvalue weighted by atomic mass is 16.5. The third-order valence-corrected chi connectivity index (χ3v) is 7.68. The van der Waals surface area contributed by atoms with E-state index in [-0.39, 0.29) is 6.71 Å². The summed E-state index contributed by atoms with van der Waals surface area (Å²) in [7, 11) is 0. The van der Waals surface area contributed by atoms with E-state index >= 15 is 0 Å². The Bertz CT molecular complexity index is 1890. The standard InChI is InChI=1S/C37H27BO/c1-26-12-17-32(18-13-26)39-33-19-23-35-28(25-33)15-21-36-34-22-16-31(24-27(34)14-20-37(35)36)38(29-8-4-2-5-9-29)30-10-6-3-7-11-30/h2-25H,1H3. The van der Waals surface area contributed by atoms with Crippen molar-refractivity contribution < 1.29 is 4.74 Å². The van der Waals surface area contributed by atoms with Gasteiger partial charge in [-0.2, -0.15) is 0 Å². The SMILES string of the molecule is Cc1ccc(Oc2ccc3c(ccc4c5ccc(B(c6ccccc6)c6ccccc6)cc5ccc34)c2)cc1. The summed E-state index contributed by atoms with van der Waals surface area (Å²) in [6.45, 7) is 2.27. The number of hydrogen-bond donors (Lipinski definition) is 0. The Morgan fingerprint density at radius 1 is 0.410 bits per heavy atom. The molecular formula is C37H27BO. The molecule has 0 fully saturated rings. The maximum Gasteiger partial charge on any atom is 0.241 e. The van der Waals surface area contributed by atoms with Gasteiger partial charge in [-0.15, -0.1) is 0 Å². The van der Waals surface area contributed by atoms with Gasteiger partial charge >= 0.3 is 0 Å². The van der Waals surface area contributed by atoms with Crippen LogP contribution >= 0.6 is 0 Å². The molecule has 0 N–H and O–H groups in total. The van der Waals surface area contributed by atoms with Crippen LogP contribution in [0.15, 0.2) is 146 Å². The molecule has 0 spiro atoms. The number of fused-ring (bicyclic) bond motifs is 5. The molecule has 0 radical (unpaired) electrons. The summed E-state index contributed by atoms with van der Waals surface area (Å²) in [6.07, 6.45) is 0. The van der Waals surface area contributed by atoms with Crippen molar-refractivity contribution in [3.8, 4) is 11.5 Å². The van der Waals surface area contributed by atoms with E-state index in [0.29, 0.717) is 0 Å². The minimum absolute atomic E-state index is 0.191. The highest BCUT2D eigenvalue weighted by molar-refractivity contribution is 6.95. The van der Waals surface area contributed by atoms with Crippen LogP contribution in [-0.2, 0) is 0 Å². The molecule has 0 aliphatic heterocycles. The molecule has 0 amide bonds. The van der Waals surface area contributed by atoms with Gasteiger partial charge in [0.2, 0.25) is 6.71 Å². The molecule has 0 saturated heterocycles. The van der Waals surface area contributed by atoms with E-state index in [1.165, 1.54) is 54.3 Å². The average molecular weight is 498 g/mol. The molecule has 7 aromatic rings. The number of rotatable bonds is 5. The van der Waals surface area contributed by atoms with Gasteiger partial charge < -0.3 is 4.74 Å². The van der Waals surface area contributed by atoms with Crippen LogP contribution in [0.2, 0.25) is 0 Å². The van der Waals surface area contributed by atoms with E-state index in [4.69, 9.17) is 4.74 Å². The molecule has 7 rings (SSSR count). The van der Waals surface area contributed by atoms with Crippen LogP contribution < -0.4 is 21.1 Å². The molecule has 1 nitrogen and oxygen atoms in total. The predicted octanol–water partition coefficient (Wildman–Crippen LogP) is 7.76. The Morgan fingerprint density at radius 3 is 1.54 bits per heavy atom. The third kappa shape index (κ3) is 4.45. The van der Waals surface area contributed by atoms with Crippen molar-refractivity contribution in [1.29, 1.82) is 0 Å². The van der Waals surface area contributed by atoms with E-state index in [2.05, 4.69) is 140 Å². The molecule has 0 aliphatic rings. The van der Waals surface area contributed by atoms with Gasteiger partial charge in [-0.3, -0.25) is 0 Å². The van der Waals surface area contributed by atoms with Crippen molar-refractivity contribution in [3.63, 3.8) is 0 Å². The van der Waals surface area contributed by atoms with Crippen LogP contribution in [0, 0.1) is 6.92 Å². The van der Waals surface area contributed by atoms with Crippen LogP contribution in [0.1, 0.15) is 5.56 Å². The van der Waals surface area contributed by atoms with Gasteiger partial charge in [0.25, 0.3) is 0 Å². The Balaban J connectivity index is 1.30. The second kappa shape index (κ2) is 9.81. The minimum atomic E-state index is 0.191. The average Bonchev–Trinajstić information content (AvgIpc) is 2.99. The quantitative estimate of drug-likeness (QED) is 0.174. The first kappa shape index (κ1) is 23.3. The fraction of sp³-hybridized carbons (Fsp3) is 0.0270. The lowest BCUT2D eigenvalue weighted by atomic mass is 9.37. The number of ether oxygens (including phenoxy) is 1. The van der Waals surface area contributed by atoms with Crippen molar-refractivity contribution in [1.82, 2.24) is 0 Å². The summed E-state index contributed by atoms with van der Waals surface area (Å²) in [6, 6.07) is 52.1. The smallest absolute Gasteiger partial charge is 0.241 e. The minimum Gasteiger partial charge on any atom is -0.457 e. The third-order valence-electron chi connectivity index (χ3n) is 7.68. The largest absolute Gasteiger partial charge is 0.457 e. The zero-order valence-electron chi connectivity index (χ0n) is 21.8. The van der Waals surface area contributed by atoms with E-state index in [1.54, 1.807) is 0 Å². The first-order valence-corrected chi connectivity index (χ1v) is 13.5. The molecule has 184 valence electrons. The van der Waals surface area contributed by atoms with Crippen LogP contribution in [0.25, 0.3) is 32.3 Å². The van der Waals surface area contributed by atoms with Crippen molar-refractivity contribution in [2.75, 3.05) is 0 Å². The van der Waals surface area contributed by atoms with Crippen molar-refractivity contribution in [3.05, 3.63) is 151 Å². The zero-order chi connectivity index (χ0) is 26.2. The molecule has 0 unspecified atom stereocenters. The maximum atomic E-state index is 6.13. The van der Waals surface area contributed by atoms with Gasteiger partial charge in [0.05, 0.1) is 0 Å². The molecule has 0 saturated carbocycles. The maximum absolute atomic E-state index is 6.13. The molecule has 39 heavy (non-hydrogen) atoms. The summed E-state index contributed by atoms with van der Waals surface area (Å²) in [5.74, 6) is 1.70. The highest BCUT2D eigenvalue weighted by Gasteiger charge is 2.21. The topological polar surface area (TPSA) is 9.23 Å². The fourth-order valence-electron chi connectivity index (χ4n) is 5.74. The molecule has 0 atom stereocenters. The van der Waals surface area contributed by atoms with Crippen molar-refractivity contribution in [2.45, 2.75) is 6.92 Å². The first-order chi connectivity index (χ1) is 19.2. The zero-order valence-corrected chi connectivity index (χ0v) is 21.8. The highest BCUT2D eigenvalue weighted by Crippen LogP contribution is 2.33. The summed E-state index contributed by atoms with van der Waals surface area (Å²) in [4.78, 5) is 0. The van der Waals surface area contributed by atoms with Gasteiger partial charge in [0.1, 0.15) is 11.5 Å². The van der Waals surface area contributed by atoms with E-state index in [0.717, 1.165) is 11.5 Å². The second-order valence-electron chi connectivity index (χ2n) is 10.3. The lowest BCUT2D eigenvalue weighted by Crippen LogP contribution is -2.51. The van der Waals surface area contributed by atoms with Crippen LogP contribution in [0.4, 0.5) is 0 Å². The van der Waals surface area contributed by atoms with Gasteiger partial charge in [-0.05, 0) is 63.5 Å². The summed E-state index contributed by atoms with van der Waals surface area (Å²) >= 11 is 0. The van der Waals surface area contributed by atoms with Gasteiger partial charge in [0, 0.05) is 0 Å². The van der Waals surface area contributed by atoms with Crippen LogP contribution in [0.3, 0.4) is 0 Å². The Kier molecular flexibility index (Phi) is 5.87. The lowest BCUT2D eigenvalue weighted by Gasteiger charge is -2.17. The van der Waals surface area contributed by atoms with Crippen LogP contribution in [0.5, 0.6) is 11.5 Å². The second-order valence-corrected chi connectivity index (χ2v) is 10.3. The number of hydrogen-bond acceptors (Lipinski definition) is 1. The molecule has 0 heterocycles. The first-order valence-electron chi connectivity index (χ1n) is 13.5. The molecule has 2 heteroatoms. The number of benzene rings is 7. The van der Waals surface area contributed by atoms with Gasteiger partial charge in [-0.25, -0.2) is 0 Å². The predicted molar refractivity (Wildman–Crippen MR) is 168 cm³/mol. The Morgan fingerprint density at radius 2 is 0.923 bits per heavy atom. The van der Waals surface area contributed by atoms with E-state index < -0.39 is 0 Å². The fourth-order valence-corrected chi connectivity index (χ4v) is 5.74. The lowest BCUT2D eigenvalue weighted by molar-refractivity contribution is 0.483. The van der Waals surface area contributed by atoms with E-state index in [9.17, 15) is 0 Å². The van der Waals surface area contributed by atoms with Crippen molar-refractivity contribution in [2.24, 2.45) is 0 Å². The van der Waals surface area contributed by atoms with Gasteiger partial charge in [0.15, 0.2) is 0 Å². The Hall–Kier alpha value is -4.82. The molecular weight excluding hydrogens is 471 g/mol. The summed E-state index contributed by atoms with van der Waals surface area (Å²) in [5.41, 5.74) is 5.14. The molecule has 7 aromatic carbocycles.